The van der Waals surface area contributed by atoms with Crippen molar-refractivity contribution in [1.82, 2.24) is 10.6 Å². The van der Waals surface area contributed by atoms with Crippen LogP contribution in [0.15, 0.2) is 24.3 Å². The van der Waals surface area contributed by atoms with Crippen molar-refractivity contribution in [2.45, 2.75) is 19.9 Å². The Morgan fingerprint density at radius 1 is 1.19 bits per heavy atom. The second-order valence-corrected chi connectivity index (χ2v) is 3.53. The zero-order valence-electron chi connectivity index (χ0n) is 9.54. The summed E-state index contributed by atoms with van der Waals surface area (Å²) in [5, 5.41) is 5.30. The van der Waals surface area contributed by atoms with Crippen molar-refractivity contribution in [2.75, 3.05) is 7.05 Å². The zero-order valence-corrected chi connectivity index (χ0v) is 9.54. The molecule has 2 N–H and O–H groups in total. The molecule has 0 fully saturated rings. The molecule has 0 saturated carbocycles. The molecule has 2 amide bonds. The number of carbonyl (C=O) groups excluding carboxylic acids is 2. The van der Waals surface area contributed by atoms with Crippen LogP contribution >= 0.6 is 0 Å². The number of nitrogens with one attached hydrogen (secondary N) is 2. The van der Waals surface area contributed by atoms with Crippen LogP contribution in [0.5, 0.6) is 0 Å². The molecule has 0 saturated heterocycles. The molecule has 0 unspecified atom stereocenters. The molecule has 0 radical (unpaired) electrons. The van der Waals surface area contributed by atoms with Gasteiger partial charge in [-0.3, -0.25) is 9.59 Å². The average Bonchev–Trinajstić information content (AvgIpc) is 2.27. The van der Waals surface area contributed by atoms with E-state index in [1.54, 1.807) is 7.05 Å². The number of benzene rings is 1. The lowest BCUT2D eigenvalue weighted by Crippen LogP contribution is -2.23. The zero-order chi connectivity index (χ0) is 12.0. The summed E-state index contributed by atoms with van der Waals surface area (Å²) in [6.45, 7) is 1.93. The summed E-state index contributed by atoms with van der Waals surface area (Å²) >= 11 is 0. The van der Waals surface area contributed by atoms with Crippen molar-refractivity contribution < 1.29 is 9.59 Å². The molecule has 16 heavy (non-hydrogen) atoms. The van der Waals surface area contributed by atoms with Gasteiger partial charge >= 0.3 is 0 Å². The van der Waals surface area contributed by atoms with E-state index < -0.39 is 0 Å². The molecular formula is C12H16N2O2. The summed E-state index contributed by atoms with van der Waals surface area (Å²) in [5.41, 5.74) is 1.91. The van der Waals surface area contributed by atoms with Crippen LogP contribution < -0.4 is 10.6 Å². The number of hydrogen-bond donors (Lipinski definition) is 2. The Labute approximate surface area is 95.0 Å². The van der Waals surface area contributed by atoms with E-state index in [1.165, 1.54) is 6.92 Å². The molecular weight excluding hydrogens is 204 g/mol. The van der Waals surface area contributed by atoms with Gasteiger partial charge in [-0.2, -0.15) is 0 Å². The molecule has 86 valence electrons. The standard InChI is InChI=1S/C12H16N2O2/c1-9(15)14-8-11-6-4-3-5-10(11)7-12(16)13-2/h3-6H,7-8H2,1-2H3,(H,13,16)(H,14,15). The van der Waals surface area contributed by atoms with E-state index in [-0.39, 0.29) is 11.8 Å². The maximum atomic E-state index is 11.3. The highest BCUT2D eigenvalue weighted by atomic mass is 16.2. The Kier molecular flexibility index (Phi) is 4.51. The van der Waals surface area contributed by atoms with Crippen LogP contribution in [0.25, 0.3) is 0 Å². The summed E-state index contributed by atoms with van der Waals surface area (Å²) in [6.07, 6.45) is 0.340. The molecule has 0 bridgehead atoms. The van der Waals surface area contributed by atoms with Crippen molar-refractivity contribution in [3.05, 3.63) is 35.4 Å². The lowest BCUT2D eigenvalue weighted by Gasteiger charge is -2.09. The number of carbonyl (C=O) groups is 2. The second kappa shape index (κ2) is 5.90. The first-order valence-electron chi connectivity index (χ1n) is 5.15. The van der Waals surface area contributed by atoms with E-state index in [1.807, 2.05) is 24.3 Å². The summed E-state index contributed by atoms with van der Waals surface area (Å²) in [4.78, 5) is 22.1. The van der Waals surface area contributed by atoms with Gasteiger partial charge in [-0.05, 0) is 11.1 Å². The van der Waals surface area contributed by atoms with Crippen LogP contribution in [0.4, 0.5) is 0 Å². The predicted molar refractivity (Wildman–Crippen MR) is 61.7 cm³/mol. The van der Waals surface area contributed by atoms with Crippen molar-refractivity contribution in [1.29, 1.82) is 0 Å². The first-order valence-corrected chi connectivity index (χ1v) is 5.15. The molecule has 0 aromatic heterocycles. The van der Waals surface area contributed by atoms with Crippen molar-refractivity contribution >= 4 is 11.8 Å². The monoisotopic (exact) mass is 220 g/mol. The molecule has 0 aliphatic carbocycles. The minimum Gasteiger partial charge on any atom is -0.359 e. The summed E-state index contributed by atoms with van der Waals surface area (Å²) in [6, 6.07) is 7.58. The molecule has 4 heteroatoms. The van der Waals surface area contributed by atoms with Gasteiger partial charge in [0.05, 0.1) is 6.42 Å². The van der Waals surface area contributed by atoms with E-state index in [0.717, 1.165) is 11.1 Å². The molecule has 1 rings (SSSR count). The lowest BCUT2D eigenvalue weighted by molar-refractivity contribution is -0.120. The molecule has 0 spiro atoms. The van der Waals surface area contributed by atoms with Crippen molar-refractivity contribution in [3.8, 4) is 0 Å². The highest BCUT2D eigenvalue weighted by Crippen LogP contribution is 2.09. The fourth-order valence-electron chi connectivity index (χ4n) is 1.38. The maximum absolute atomic E-state index is 11.3. The third-order valence-corrected chi connectivity index (χ3v) is 2.28. The van der Waals surface area contributed by atoms with Crippen LogP contribution in [0, 0.1) is 0 Å². The van der Waals surface area contributed by atoms with Gasteiger partial charge in [0, 0.05) is 20.5 Å². The van der Waals surface area contributed by atoms with Gasteiger partial charge < -0.3 is 10.6 Å². The van der Waals surface area contributed by atoms with E-state index in [0.29, 0.717) is 13.0 Å². The number of likely N-dealkylation sites (N-methyl/N-ethyl adjacent to an activating group) is 1. The number of rotatable bonds is 4. The Morgan fingerprint density at radius 3 is 2.38 bits per heavy atom. The summed E-state index contributed by atoms with van der Waals surface area (Å²) in [7, 11) is 1.61. The van der Waals surface area contributed by atoms with Crippen LogP contribution in [0.3, 0.4) is 0 Å². The van der Waals surface area contributed by atoms with Crippen LogP contribution in [0.2, 0.25) is 0 Å². The third-order valence-electron chi connectivity index (χ3n) is 2.28. The van der Waals surface area contributed by atoms with Crippen LogP contribution in [-0.4, -0.2) is 18.9 Å². The Bertz CT molecular complexity index is 388. The van der Waals surface area contributed by atoms with Gasteiger partial charge in [0.25, 0.3) is 0 Å². The molecule has 1 aromatic carbocycles. The Balaban J connectivity index is 2.74. The minimum atomic E-state index is -0.0743. The molecule has 1 aromatic rings. The van der Waals surface area contributed by atoms with E-state index in [2.05, 4.69) is 10.6 Å². The van der Waals surface area contributed by atoms with Gasteiger partial charge in [0.2, 0.25) is 11.8 Å². The fraction of sp³-hybridized carbons (Fsp3) is 0.333. The predicted octanol–water partition coefficient (Wildman–Crippen LogP) is 0.611. The smallest absolute Gasteiger partial charge is 0.224 e. The summed E-state index contributed by atoms with van der Waals surface area (Å²) < 4.78 is 0. The maximum Gasteiger partial charge on any atom is 0.224 e. The number of hydrogen-bond acceptors (Lipinski definition) is 2. The summed E-state index contributed by atoms with van der Waals surface area (Å²) in [5.74, 6) is -0.106. The van der Waals surface area contributed by atoms with Gasteiger partial charge in [0.1, 0.15) is 0 Å². The normalized spacial score (nSPS) is 9.62. The highest BCUT2D eigenvalue weighted by Gasteiger charge is 2.06. The highest BCUT2D eigenvalue weighted by molar-refractivity contribution is 5.78. The molecule has 0 atom stereocenters. The van der Waals surface area contributed by atoms with Crippen molar-refractivity contribution in [2.24, 2.45) is 0 Å². The van der Waals surface area contributed by atoms with E-state index in [9.17, 15) is 9.59 Å². The third kappa shape index (κ3) is 3.73. The van der Waals surface area contributed by atoms with Crippen molar-refractivity contribution in [3.63, 3.8) is 0 Å². The number of amides is 2. The first-order chi connectivity index (χ1) is 7.63. The van der Waals surface area contributed by atoms with Gasteiger partial charge in [0.15, 0.2) is 0 Å². The van der Waals surface area contributed by atoms with Crippen LogP contribution in [0.1, 0.15) is 18.1 Å². The van der Waals surface area contributed by atoms with Gasteiger partial charge in [-0.25, -0.2) is 0 Å². The van der Waals surface area contributed by atoms with Gasteiger partial charge in [-0.1, -0.05) is 24.3 Å². The SMILES string of the molecule is CNC(=O)Cc1ccccc1CNC(C)=O. The van der Waals surface area contributed by atoms with E-state index in [4.69, 9.17) is 0 Å². The molecule has 0 aliphatic heterocycles. The molecule has 0 aliphatic rings. The average molecular weight is 220 g/mol. The Morgan fingerprint density at radius 2 is 1.81 bits per heavy atom. The molecule has 0 heterocycles. The van der Waals surface area contributed by atoms with Gasteiger partial charge in [-0.15, -0.1) is 0 Å². The topological polar surface area (TPSA) is 58.2 Å². The first kappa shape index (κ1) is 12.2. The lowest BCUT2D eigenvalue weighted by atomic mass is 10.0. The fourth-order valence-corrected chi connectivity index (χ4v) is 1.38. The second-order valence-electron chi connectivity index (χ2n) is 3.53. The quantitative estimate of drug-likeness (QED) is 0.781. The Hall–Kier alpha value is -1.84. The van der Waals surface area contributed by atoms with Crippen LogP contribution in [-0.2, 0) is 22.6 Å². The largest absolute Gasteiger partial charge is 0.359 e. The molecule has 4 nitrogen and oxygen atoms in total. The van der Waals surface area contributed by atoms with E-state index >= 15 is 0 Å². The minimum absolute atomic E-state index is 0.0322.